The van der Waals surface area contributed by atoms with Gasteiger partial charge in [0.15, 0.2) is 5.13 Å². The normalized spacial score (nSPS) is 18.0. The number of hydrogen-bond acceptors (Lipinski definition) is 8. The van der Waals surface area contributed by atoms with Crippen molar-refractivity contribution in [2.75, 3.05) is 10.6 Å². The van der Waals surface area contributed by atoms with Gasteiger partial charge in [0.05, 0.1) is 5.69 Å². The van der Waals surface area contributed by atoms with Gasteiger partial charge in [-0.25, -0.2) is 9.97 Å². The second-order valence-electron chi connectivity index (χ2n) is 9.91. The molecule has 34 heavy (non-hydrogen) atoms. The SMILES string of the molecule is Cc1nc(-c2ccc3ccnc(N[C@H]4C[C@@H](C(=O)Nc5nc(C)c(C(C)(C)C)s5)C4)c3c2)no1. The monoisotopic (exact) mass is 476 g/mol. The summed E-state index contributed by atoms with van der Waals surface area (Å²) in [6.45, 7) is 10.3. The molecule has 9 heteroatoms. The number of fused-ring (bicyclic) bond motifs is 1. The molecule has 8 nitrogen and oxygen atoms in total. The average molecular weight is 477 g/mol. The van der Waals surface area contributed by atoms with Crippen LogP contribution in [0.25, 0.3) is 22.2 Å². The fourth-order valence-corrected chi connectivity index (χ4v) is 5.36. The van der Waals surface area contributed by atoms with Crippen LogP contribution in [-0.2, 0) is 10.2 Å². The van der Waals surface area contributed by atoms with Gasteiger partial charge in [-0.3, -0.25) is 4.79 Å². The van der Waals surface area contributed by atoms with Crippen LogP contribution in [0.15, 0.2) is 35.0 Å². The number of thiazole rings is 1. The molecule has 0 unspecified atom stereocenters. The van der Waals surface area contributed by atoms with Crippen molar-refractivity contribution < 1.29 is 9.32 Å². The van der Waals surface area contributed by atoms with E-state index in [1.165, 1.54) is 4.88 Å². The lowest BCUT2D eigenvalue weighted by atomic mass is 9.79. The molecule has 1 fully saturated rings. The van der Waals surface area contributed by atoms with Gasteiger partial charge in [0, 0.05) is 40.9 Å². The molecule has 3 aromatic heterocycles. The first kappa shape index (κ1) is 22.5. The van der Waals surface area contributed by atoms with Gasteiger partial charge in [-0.15, -0.1) is 11.3 Å². The van der Waals surface area contributed by atoms with Crippen molar-refractivity contribution in [3.8, 4) is 11.4 Å². The Morgan fingerprint density at radius 3 is 2.62 bits per heavy atom. The quantitative estimate of drug-likeness (QED) is 0.392. The first-order chi connectivity index (χ1) is 16.2. The molecule has 0 radical (unpaired) electrons. The van der Waals surface area contributed by atoms with Gasteiger partial charge in [-0.05, 0) is 42.7 Å². The zero-order chi connectivity index (χ0) is 24.0. The number of aromatic nitrogens is 4. The second kappa shape index (κ2) is 8.47. The summed E-state index contributed by atoms with van der Waals surface area (Å²) in [5.74, 6) is 1.89. The molecular weight excluding hydrogens is 448 g/mol. The third-order valence-electron chi connectivity index (χ3n) is 6.11. The summed E-state index contributed by atoms with van der Waals surface area (Å²) in [5.41, 5.74) is 1.88. The zero-order valence-corrected chi connectivity index (χ0v) is 20.8. The Morgan fingerprint density at radius 2 is 1.94 bits per heavy atom. The van der Waals surface area contributed by atoms with E-state index in [4.69, 9.17) is 4.52 Å². The van der Waals surface area contributed by atoms with Crippen LogP contribution in [0.5, 0.6) is 0 Å². The lowest BCUT2D eigenvalue weighted by Gasteiger charge is -2.35. The predicted molar refractivity (Wildman–Crippen MR) is 134 cm³/mol. The summed E-state index contributed by atoms with van der Waals surface area (Å²) >= 11 is 1.57. The van der Waals surface area contributed by atoms with E-state index in [2.05, 4.69) is 51.5 Å². The minimum absolute atomic E-state index is 0.0180. The molecule has 1 aliphatic carbocycles. The maximum absolute atomic E-state index is 12.8. The number of amides is 1. The van der Waals surface area contributed by atoms with E-state index >= 15 is 0 Å². The van der Waals surface area contributed by atoms with E-state index in [9.17, 15) is 4.79 Å². The van der Waals surface area contributed by atoms with E-state index < -0.39 is 0 Å². The van der Waals surface area contributed by atoms with E-state index in [0.29, 0.717) is 16.8 Å². The van der Waals surface area contributed by atoms with Gasteiger partial charge < -0.3 is 15.2 Å². The predicted octanol–water partition coefficient (Wildman–Crippen LogP) is 5.48. The van der Waals surface area contributed by atoms with E-state index in [1.807, 2.05) is 31.2 Å². The van der Waals surface area contributed by atoms with Crippen LogP contribution in [0.2, 0.25) is 0 Å². The molecule has 1 aliphatic rings. The summed E-state index contributed by atoms with van der Waals surface area (Å²) in [5, 5.41) is 13.3. The highest BCUT2D eigenvalue weighted by Crippen LogP contribution is 2.36. The van der Waals surface area contributed by atoms with Gasteiger partial charge in [0.1, 0.15) is 5.82 Å². The van der Waals surface area contributed by atoms with Gasteiger partial charge in [-0.1, -0.05) is 38.1 Å². The highest BCUT2D eigenvalue weighted by Gasteiger charge is 2.35. The van der Waals surface area contributed by atoms with Crippen LogP contribution < -0.4 is 10.6 Å². The molecular formula is C25H28N6O2S. The molecule has 2 N–H and O–H groups in total. The maximum atomic E-state index is 12.8. The number of nitrogens with zero attached hydrogens (tertiary/aromatic N) is 4. The molecule has 0 spiro atoms. The number of carbonyl (C=O) groups is 1. The van der Waals surface area contributed by atoms with Crippen molar-refractivity contribution in [1.82, 2.24) is 20.1 Å². The van der Waals surface area contributed by atoms with Gasteiger partial charge >= 0.3 is 0 Å². The number of rotatable bonds is 5. The largest absolute Gasteiger partial charge is 0.367 e. The number of benzene rings is 1. The Bertz CT molecular complexity index is 1360. The van der Waals surface area contributed by atoms with E-state index in [1.54, 1.807) is 24.5 Å². The second-order valence-corrected chi connectivity index (χ2v) is 10.9. The molecule has 1 amide bonds. The fourth-order valence-electron chi connectivity index (χ4n) is 4.34. The Hall–Kier alpha value is -3.33. The van der Waals surface area contributed by atoms with Gasteiger partial charge in [-0.2, -0.15) is 4.98 Å². The Balaban J connectivity index is 1.25. The number of nitrogens with one attached hydrogen (secondary N) is 2. The summed E-state index contributed by atoms with van der Waals surface area (Å²) in [7, 11) is 0. The topological polar surface area (TPSA) is 106 Å². The van der Waals surface area contributed by atoms with Gasteiger partial charge in [0.25, 0.3) is 0 Å². The molecule has 1 aromatic carbocycles. The average Bonchev–Trinajstić information content (AvgIpc) is 3.35. The minimum atomic E-state index is -0.0346. The van der Waals surface area contributed by atoms with Crippen molar-refractivity contribution >= 4 is 39.0 Å². The number of aryl methyl sites for hydroxylation is 2. The van der Waals surface area contributed by atoms with Crippen molar-refractivity contribution in [2.24, 2.45) is 5.92 Å². The molecule has 0 saturated heterocycles. The third-order valence-corrected chi connectivity index (χ3v) is 7.61. The zero-order valence-electron chi connectivity index (χ0n) is 20.0. The number of anilines is 2. The summed E-state index contributed by atoms with van der Waals surface area (Å²) in [6.07, 6.45) is 3.30. The molecule has 3 heterocycles. The third kappa shape index (κ3) is 4.40. The van der Waals surface area contributed by atoms with Crippen molar-refractivity contribution in [3.05, 3.63) is 46.9 Å². The molecule has 0 atom stereocenters. The molecule has 4 aromatic rings. The van der Waals surface area contributed by atoms with Crippen molar-refractivity contribution in [2.45, 2.75) is 58.9 Å². The number of pyridine rings is 1. The van der Waals surface area contributed by atoms with Crippen LogP contribution in [0.1, 0.15) is 50.1 Å². The summed E-state index contributed by atoms with van der Waals surface area (Å²) < 4.78 is 5.12. The number of carbonyl (C=O) groups excluding carboxylic acids is 1. The molecule has 5 rings (SSSR count). The fraction of sp³-hybridized carbons (Fsp3) is 0.400. The summed E-state index contributed by atoms with van der Waals surface area (Å²) in [4.78, 5) is 27.4. The molecule has 176 valence electrons. The van der Waals surface area contributed by atoms with Crippen LogP contribution in [0.4, 0.5) is 10.9 Å². The Morgan fingerprint density at radius 1 is 1.15 bits per heavy atom. The molecule has 0 bridgehead atoms. The first-order valence-electron chi connectivity index (χ1n) is 11.4. The minimum Gasteiger partial charge on any atom is -0.367 e. The van der Waals surface area contributed by atoms with Gasteiger partial charge in [0.2, 0.25) is 17.6 Å². The highest BCUT2D eigenvalue weighted by atomic mass is 32.1. The molecule has 0 aliphatic heterocycles. The van der Waals surface area contributed by atoms with Crippen molar-refractivity contribution in [1.29, 1.82) is 0 Å². The summed E-state index contributed by atoms with van der Waals surface area (Å²) in [6, 6.07) is 8.20. The smallest absolute Gasteiger partial charge is 0.229 e. The van der Waals surface area contributed by atoms with Crippen LogP contribution in [0.3, 0.4) is 0 Å². The Labute approximate surface area is 202 Å². The van der Waals surface area contributed by atoms with Crippen LogP contribution in [-0.4, -0.2) is 32.1 Å². The standard InChI is InChI=1S/C25H28N6O2S/c1-13-20(25(3,4)5)34-24(27-13)30-23(32)17-10-18(11-17)29-22-19-12-16(21-28-14(2)33-31-21)7-6-15(19)8-9-26-22/h6-9,12,17-18H,10-11H2,1-5H3,(H,26,29)(H,27,30,32)/t17-,18+. The highest BCUT2D eigenvalue weighted by molar-refractivity contribution is 7.16. The first-order valence-corrected chi connectivity index (χ1v) is 12.2. The van der Waals surface area contributed by atoms with Crippen molar-refractivity contribution in [3.63, 3.8) is 0 Å². The van der Waals surface area contributed by atoms with E-state index in [-0.39, 0.29) is 23.3 Å². The Kier molecular flexibility index (Phi) is 5.59. The van der Waals surface area contributed by atoms with E-state index in [0.717, 1.165) is 40.7 Å². The lowest BCUT2D eigenvalue weighted by molar-refractivity contribution is -0.122. The van der Waals surface area contributed by atoms with Crippen LogP contribution >= 0.6 is 11.3 Å². The lowest BCUT2D eigenvalue weighted by Crippen LogP contribution is -2.42. The molecule has 1 saturated carbocycles. The van der Waals surface area contributed by atoms with Crippen LogP contribution in [0, 0.1) is 19.8 Å². The number of hydrogen-bond donors (Lipinski definition) is 2. The maximum Gasteiger partial charge on any atom is 0.229 e.